The van der Waals surface area contributed by atoms with Gasteiger partial charge < -0.3 is 10.6 Å². The lowest BCUT2D eigenvalue weighted by molar-refractivity contribution is -0.118. The molecule has 0 spiro atoms. The van der Waals surface area contributed by atoms with E-state index in [4.69, 9.17) is 0 Å². The fourth-order valence-electron chi connectivity index (χ4n) is 0.551. The van der Waals surface area contributed by atoms with Crippen molar-refractivity contribution in [2.24, 2.45) is 0 Å². The smallest absolute Gasteiger partial charge is 0.217 e. The summed E-state index contributed by atoms with van der Waals surface area (Å²) in [4.78, 5) is 10.4. The zero-order chi connectivity index (χ0) is 9.94. The molecule has 0 aliphatic rings. The molecule has 13 heavy (non-hydrogen) atoms. The van der Waals surface area contributed by atoms with E-state index in [1.807, 2.05) is 7.05 Å². The number of amides is 1. The predicted octanol–water partition coefficient (Wildman–Crippen LogP) is -0.261. The lowest BCUT2D eigenvalue weighted by Crippen LogP contribution is -2.19. The fourth-order valence-corrected chi connectivity index (χ4v) is 0.551. The first-order chi connectivity index (χ1) is 6.27. The second-order valence-corrected chi connectivity index (χ2v) is 2.37. The maximum absolute atomic E-state index is 10.4. The van der Waals surface area contributed by atoms with E-state index in [-0.39, 0.29) is 5.91 Å². The third kappa shape index (κ3) is 10.6. The van der Waals surface area contributed by atoms with Gasteiger partial charge in [-0.2, -0.15) is 0 Å². The molecule has 3 nitrogen and oxygen atoms in total. The summed E-state index contributed by atoms with van der Waals surface area (Å²) in [5.41, 5.74) is 0. The molecule has 0 aromatic heterocycles. The van der Waals surface area contributed by atoms with Gasteiger partial charge in [-0.15, -0.1) is 0 Å². The van der Waals surface area contributed by atoms with Crippen molar-refractivity contribution in [3.8, 4) is 23.7 Å². The Balaban J connectivity index is 3.46. The average Bonchev–Trinajstić information content (AvgIpc) is 2.09. The van der Waals surface area contributed by atoms with Crippen molar-refractivity contribution in [2.45, 2.75) is 13.3 Å². The average molecular weight is 178 g/mol. The number of nitrogens with one attached hydrogen (secondary N) is 2. The lowest BCUT2D eigenvalue weighted by atomic mass is 10.4. The molecule has 0 aromatic rings. The Bertz CT molecular complexity index is 262. The van der Waals surface area contributed by atoms with Gasteiger partial charge in [-0.3, -0.25) is 4.79 Å². The molecule has 0 bridgehead atoms. The first kappa shape index (κ1) is 11.6. The molecule has 0 saturated heterocycles. The summed E-state index contributed by atoms with van der Waals surface area (Å²) in [7, 11) is 1.88. The van der Waals surface area contributed by atoms with Crippen molar-refractivity contribution in [1.29, 1.82) is 0 Å². The maximum atomic E-state index is 10.4. The van der Waals surface area contributed by atoms with Gasteiger partial charge >= 0.3 is 0 Å². The molecule has 0 saturated carbocycles. The highest BCUT2D eigenvalue weighted by atomic mass is 16.1. The number of carbonyl (C=O) groups is 1. The third-order valence-electron chi connectivity index (χ3n) is 1.16. The first-order valence-corrected chi connectivity index (χ1v) is 4.12. The summed E-state index contributed by atoms with van der Waals surface area (Å²) in [6, 6.07) is 0. The number of rotatable bonds is 3. The van der Waals surface area contributed by atoms with Crippen molar-refractivity contribution in [3.63, 3.8) is 0 Å². The molecule has 1 amide bonds. The Kier molecular flexibility index (Phi) is 7.68. The number of hydrogen-bond donors (Lipinski definition) is 2. The van der Waals surface area contributed by atoms with Crippen LogP contribution >= 0.6 is 0 Å². The Morgan fingerprint density at radius 3 is 2.62 bits per heavy atom. The lowest BCUT2D eigenvalue weighted by Gasteiger charge is -1.89. The van der Waals surface area contributed by atoms with Crippen LogP contribution in [0.4, 0.5) is 0 Å². The molecule has 0 atom stereocenters. The predicted molar refractivity (Wildman–Crippen MR) is 52.8 cm³/mol. The van der Waals surface area contributed by atoms with E-state index in [2.05, 4.69) is 34.3 Å². The van der Waals surface area contributed by atoms with Crippen LogP contribution in [-0.2, 0) is 4.79 Å². The second kappa shape index (κ2) is 8.64. The van der Waals surface area contributed by atoms with Crippen molar-refractivity contribution >= 4 is 5.91 Å². The van der Waals surface area contributed by atoms with Gasteiger partial charge in [0.2, 0.25) is 5.91 Å². The van der Waals surface area contributed by atoms with Crippen LogP contribution in [-0.4, -0.2) is 26.0 Å². The van der Waals surface area contributed by atoms with E-state index in [1.165, 1.54) is 6.92 Å². The van der Waals surface area contributed by atoms with E-state index in [0.717, 1.165) is 13.0 Å². The molecule has 3 heteroatoms. The summed E-state index contributed by atoms with van der Waals surface area (Å²) in [6.07, 6.45) is 0.797. The van der Waals surface area contributed by atoms with Crippen molar-refractivity contribution in [1.82, 2.24) is 10.6 Å². The maximum Gasteiger partial charge on any atom is 0.217 e. The van der Waals surface area contributed by atoms with Crippen LogP contribution in [0.2, 0.25) is 0 Å². The van der Waals surface area contributed by atoms with E-state index < -0.39 is 0 Å². The van der Waals surface area contributed by atoms with Crippen molar-refractivity contribution in [3.05, 3.63) is 0 Å². The minimum Gasteiger partial charge on any atom is -0.345 e. The standard InChI is InChI=1S/C10H14N2O/c1-10(13)12-9-7-5-3-4-6-8-11-2/h11H,6,8-9H2,1-2H3,(H,12,13). The highest BCUT2D eigenvalue weighted by Crippen LogP contribution is 1.68. The SMILES string of the molecule is CNCCC#CC#CCNC(C)=O. The first-order valence-electron chi connectivity index (χ1n) is 4.12. The summed E-state index contributed by atoms with van der Waals surface area (Å²) < 4.78 is 0. The molecular weight excluding hydrogens is 164 g/mol. The Morgan fingerprint density at radius 1 is 1.31 bits per heavy atom. The molecule has 0 aromatic carbocycles. The van der Waals surface area contributed by atoms with Gasteiger partial charge in [0.05, 0.1) is 6.54 Å². The van der Waals surface area contributed by atoms with Gasteiger partial charge in [0.1, 0.15) is 0 Å². The van der Waals surface area contributed by atoms with E-state index >= 15 is 0 Å². The highest BCUT2D eigenvalue weighted by molar-refractivity contribution is 5.73. The van der Waals surface area contributed by atoms with Crippen LogP contribution in [0.15, 0.2) is 0 Å². The molecule has 70 valence electrons. The fraction of sp³-hybridized carbons (Fsp3) is 0.500. The van der Waals surface area contributed by atoms with Gasteiger partial charge in [0.25, 0.3) is 0 Å². The Morgan fingerprint density at radius 2 is 2.00 bits per heavy atom. The molecule has 0 rings (SSSR count). The van der Waals surface area contributed by atoms with Crippen molar-refractivity contribution < 1.29 is 4.79 Å². The van der Waals surface area contributed by atoms with Crippen LogP contribution in [0, 0.1) is 23.7 Å². The zero-order valence-electron chi connectivity index (χ0n) is 8.03. The van der Waals surface area contributed by atoms with Crippen LogP contribution in [0.1, 0.15) is 13.3 Å². The van der Waals surface area contributed by atoms with Gasteiger partial charge in [0, 0.05) is 19.9 Å². The van der Waals surface area contributed by atoms with E-state index in [1.54, 1.807) is 0 Å². The van der Waals surface area contributed by atoms with Gasteiger partial charge in [-0.25, -0.2) is 0 Å². The summed E-state index contributed by atoms with van der Waals surface area (Å²) in [5.74, 6) is 10.9. The normalized spacial score (nSPS) is 7.54. The molecular formula is C10H14N2O. The molecule has 0 unspecified atom stereocenters. The quantitative estimate of drug-likeness (QED) is 0.462. The van der Waals surface area contributed by atoms with Crippen molar-refractivity contribution in [2.75, 3.05) is 20.1 Å². The highest BCUT2D eigenvalue weighted by Gasteiger charge is 1.82. The summed E-state index contributed by atoms with van der Waals surface area (Å²) in [5, 5.41) is 5.53. The molecule has 0 radical (unpaired) electrons. The van der Waals surface area contributed by atoms with Gasteiger partial charge in [0.15, 0.2) is 0 Å². The molecule has 0 aliphatic heterocycles. The summed E-state index contributed by atoms with van der Waals surface area (Å²) in [6.45, 7) is 2.71. The Hall–Kier alpha value is -1.45. The van der Waals surface area contributed by atoms with E-state index in [0.29, 0.717) is 6.54 Å². The largest absolute Gasteiger partial charge is 0.345 e. The van der Waals surface area contributed by atoms with Crippen LogP contribution in [0.3, 0.4) is 0 Å². The topological polar surface area (TPSA) is 41.1 Å². The number of hydrogen-bond acceptors (Lipinski definition) is 2. The summed E-state index contributed by atoms with van der Waals surface area (Å²) >= 11 is 0. The van der Waals surface area contributed by atoms with Crippen LogP contribution in [0.25, 0.3) is 0 Å². The zero-order valence-corrected chi connectivity index (χ0v) is 8.03. The van der Waals surface area contributed by atoms with E-state index in [9.17, 15) is 4.79 Å². The van der Waals surface area contributed by atoms with Crippen LogP contribution < -0.4 is 10.6 Å². The third-order valence-corrected chi connectivity index (χ3v) is 1.16. The minimum atomic E-state index is -0.0718. The number of carbonyl (C=O) groups excluding carboxylic acids is 1. The molecule has 0 aliphatic carbocycles. The molecule has 0 fully saturated rings. The monoisotopic (exact) mass is 178 g/mol. The molecule has 0 heterocycles. The Labute approximate surface area is 79.3 Å². The molecule has 2 N–H and O–H groups in total. The second-order valence-electron chi connectivity index (χ2n) is 2.37. The van der Waals surface area contributed by atoms with Gasteiger partial charge in [-0.05, 0) is 18.9 Å². The minimum absolute atomic E-state index is 0.0718. The van der Waals surface area contributed by atoms with Crippen LogP contribution in [0.5, 0.6) is 0 Å². The van der Waals surface area contributed by atoms with Gasteiger partial charge in [-0.1, -0.05) is 11.8 Å².